The van der Waals surface area contributed by atoms with Crippen LogP contribution in [0.25, 0.3) is 0 Å². The van der Waals surface area contributed by atoms with Gasteiger partial charge in [-0.05, 0) is 50.5 Å². The highest BCUT2D eigenvalue weighted by Crippen LogP contribution is 2.22. The summed E-state index contributed by atoms with van der Waals surface area (Å²) in [5.74, 6) is 0. The molecule has 0 spiro atoms. The van der Waals surface area contributed by atoms with E-state index in [0.29, 0.717) is 18.3 Å². The standard InChI is InChI=1S/C13H19BrN2O2S/c1-9-7-11(14)3-6-13(9)16-19(17,18)10(2)8-15-12-4-5-12/h3,6-7,10,12,15-16H,4-5,8H2,1-2H3. The van der Waals surface area contributed by atoms with Gasteiger partial charge in [-0.1, -0.05) is 15.9 Å². The van der Waals surface area contributed by atoms with Crippen molar-refractivity contribution in [2.24, 2.45) is 0 Å². The Hall–Kier alpha value is -0.590. The fourth-order valence-electron chi connectivity index (χ4n) is 1.73. The molecular formula is C13H19BrN2O2S. The lowest BCUT2D eigenvalue weighted by molar-refractivity contribution is 0.576. The third kappa shape index (κ3) is 4.19. The zero-order chi connectivity index (χ0) is 14.0. The molecule has 1 aliphatic rings. The fraction of sp³-hybridized carbons (Fsp3) is 0.538. The van der Waals surface area contributed by atoms with E-state index in [4.69, 9.17) is 0 Å². The lowest BCUT2D eigenvalue weighted by atomic mass is 10.2. The zero-order valence-corrected chi connectivity index (χ0v) is 13.5. The van der Waals surface area contributed by atoms with E-state index in [-0.39, 0.29) is 0 Å². The first-order valence-corrected chi connectivity index (χ1v) is 8.73. The van der Waals surface area contributed by atoms with Crippen LogP contribution in [0.1, 0.15) is 25.3 Å². The Bertz CT molecular complexity index is 556. The molecule has 19 heavy (non-hydrogen) atoms. The van der Waals surface area contributed by atoms with E-state index in [2.05, 4.69) is 26.0 Å². The number of sulfonamides is 1. The van der Waals surface area contributed by atoms with Crippen LogP contribution in [0.2, 0.25) is 0 Å². The minimum atomic E-state index is -3.34. The van der Waals surface area contributed by atoms with Gasteiger partial charge in [0, 0.05) is 17.1 Å². The molecule has 1 aliphatic carbocycles. The Kier molecular flexibility index (Phi) is 4.53. The summed E-state index contributed by atoms with van der Waals surface area (Å²) in [6.45, 7) is 4.11. The van der Waals surface area contributed by atoms with Crippen molar-refractivity contribution in [3.8, 4) is 0 Å². The van der Waals surface area contributed by atoms with Crippen LogP contribution in [0.5, 0.6) is 0 Å². The predicted molar refractivity (Wildman–Crippen MR) is 81.9 cm³/mol. The molecule has 4 nitrogen and oxygen atoms in total. The summed E-state index contributed by atoms with van der Waals surface area (Å²) < 4.78 is 28.0. The van der Waals surface area contributed by atoms with Gasteiger partial charge in [0.05, 0.1) is 10.9 Å². The zero-order valence-electron chi connectivity index (χ0n) is 11.1. The molecule has 6 heteroatoms. The van der Waals surface area contributed by atoms with Crippen molar-refractivity contribution in [3.63, 3.8) is 0 Å². The van der Waals surface area contributed by atoms with Crippen LogP contribution in [0.4, 0.5) is 5.69 Å². The third-order valence-corrected chi connectivity index (χ3v) is 5.47. The molecule has 0 saturated heterocycles. The van der Waals surface area contributed by atoms with Crippen molar-refractivity contribution < 1.29 is 8.42 Å². The van der Waals surface area contributed by atoms with Gasteiger partial charge < -0.3 is 5.32 Å². The second-order valence-corrected chi connectivity index (χ2v) is 8.11. The largest absolute Gasteiger partial charge is 0.313 e. The number of aryl methyl sites for hydroxylation is 1. The topological polar surface area (TPSA) is 58.2 Å². The molecule has 1 saturated carbocycles. The van der Waals surface area contributed by atoms with Crippen LogP contribution >= 0.6 is 15.9 Å². The van der Waals surface area contributed by atoms with Gasteiger partial charge in [0.2, 0.25) is 10.0 Å². The van der Waals surface area contributed by atoms with E-state index in [1.165, 1.54) is 0 Å². The first-order chi connectivity index (χ1) is 8.88. The number of rotatable bonds is 6. The number of hydrogen-bond donors (Lipinski definition) is 2. The Labute approximate surface area is 123 Å². The smallest absolute Gasteiger partial charge is 0.236 e. The molecule has 0 heterocycles. The molecule has 0 amide bonds. The molecule has 0 bridgehead atoms. The van der Waals surface area contributed by atoms with Crippen LogP contribution in [0, 0.1) is 6.92 Å². The minimum absolute atomic E-state index is 0.448. The van der Waals surface area contributed by atoms with Crippen LogP contribution in [-0.2, 0) is 10.0 Å². The number of anilines is 1. The van der Waals surface area contributed by atoms with Gasteiger partial charge >= 0.3 is 0 Å². The maximum Gasteiger partial charge on any atom is 0.236 e. The van der Waals surface area contributed by atoms with Gasteiger partial charge in [-0.25, -0.2) is 8.42 Å². The van der Waals surface area contributed by atoms with E-state index in [0.717, 1.165) is 22.9 Å². The average Bonchev–Trinajstić information content (AvgIpc) is 3.13. The SMILES string of the molecule is Cc1cc(Br)ccc1NS(=O)(=O)C(C)CNC1CC1. The van der Waals surface area contributed by atoms with Crippen LogP contribution < -0.4 is 10.0 Å². The van der Waals surface area contributed by atoms with Gasteiger partial charge in [0.25, 0.3) is 0 Å². The van der Waals surface area contributed by atoms with Gasteiger partial charge in [-0.15, -0.1) is 0 Å². The first kappa shape index (κ1) is 14.8. The second kappa shape index (κ2) is 5.81. The highest BCUT2D eigenvalue weighted by Gasteiger charge is 2.26. The van der Waals surface area contributed by atoms with E-state index >= 15 is 0 Å². The number of halogens is 1. The molecule has 0 radical (unpaired) electrons. The van der Waals surface area contributed by atoms with Crippen LogP contribution in [0.3, 0.4) is 0 Å². The molecule has 0 aromatic heterocycles. The van der Waals surface area contributed by atoms with Crippen molar-refractivity contribution in [1.82, 2.24) is 5.32 Å². The van der Waals surface area contributed by atoms with Gasteiger partial charge in [-0.3, -0.25) is 4.72 Å². The Morgan fingerprint density at radius 1 is 1.42 bits per heavy atom. The summed E-state index contributed by atoms with van der Waals surface area (Å²) in [7, 11) is -3.34. The van der Waals surface area contributed by atoms with Crippen molar-refractivity contribution >= 4 is 31.6 Å². The Morgan fingerprint density at radius 2 is 2.11 bits per heavy atom. The summed E-state index contributed by atoms with van der Waals surface area (Å²) >= 11 is 3.37. The molecule has 2 N–H and O–H groups in total. The van der Waals surface area contributed by atoms with Gasteiger partial charge in [0.1, 0.15) is 0 Å². The first-order valence-electron chi connectivity index (χ1n) is 6.39. The number of hydrogen-bond acceptors (Lipinski definition) is 3. The van der Waals surface area contributed by atoms with Crippen molar-refractivity contribution in [1.29, 1.82) is 0 Å². The van der Waals surface area contributed by atoms with Gasteiger partial charge in [0.15, 0.2) is 0 Å². The summed E-state index contributed by atoms with van der Waals surface area (Å²) in [6.07, 6.45) is 2.32. The van der Waals surface area contributed by atoms with Crippen LogP contribution in [0.15, 0.2) is 22.7 Å². The van der Waals surface area contributed by atoms with E-state index in [1.54, 1.807) is 13.0 Å². The molecule has 2 rings (SSSR count). The van der Waals surface area contributed by atoms with Crippen molar-refractivity contribution in [3.05, 3.63) is 28.2 Å². The molecule has 1 unspecified atom stereocenters. The maximum absolute atomic E-state index is 12.2. The van der Waals surface area contributed by atoms with Crippen LogP contribution in [-0.4, -0.2) is 26.3 Å². The summed E-state index contributed by atoms with van der Waals surface area (Å²) in [4.78, 5) is 0. The van der Waals surface area contributed by atoms with E-state index in [1.807, 2.05) is 19.1 Å². The number of benzene rings is 1. The predicted octanol–water partition coefficient (Wildman–Crippen LogP) is 2.64. The molecule has 1 atom stereocenters. The molecule has 1 aromatic carbocycles. The normalized spacial score (nSPS) is 17.2. The monoisotopic (exact) mass is 346 g/mol. The molecule has 106 valence electrons. The lowest BCUT2D eigenvalue weighted by Gasteiger charge is -2.16. The highest BCUT2D eigenvalue weighted by molar-refractivity contribution is 9.10. The third-order valence-electron chi connectivity index (χ3n) is 3.24. The molecule has 1 fully saturated rings. The fourth-order valence-corrected chi connectivity index (χ4v) is 3.25. The van der Waals surface area contributed by atoms with E-state index < -0.39 is 15.3 Å². The Morgan fingerprint density at radius 3 is 2.68 bits per heavy atom. The second-order valence-electron chi connectivity index (χ2n) is 5.10. The average molecular weight is 347 g/mol. The highest BCUT2D eigenvalue weighted by atomic mass is 79.9. The molecular weight excluding hydrogens is 328 g/mol. The summed E-state index contributed by atoms with van der Waals surface area (Å²) in [6, 6.07) is 6.02. The summed E-state index contributed by atoms with van der Waals surface area (Å²) in [5, 5.41) is 2.80. The summed E-state index contributed by atoms with van der Waals surface area (Å²) in [5.41, 5.74) is 1.54. The lowest BCUT2D eigenvalue weighted by Crippen LogP contribution is -2.35. The van der Waals surface area contributed by atoms with E-state index in [9.17, 15) is 8.42 Å². The minimum Gasteiger partial charge on any atom is -0.313 e. The number of nitrogens with one attached hydrogen (secondary N) is 2. The van der Waals surface area contributed by atoms with Gasteiger partial charge in [-0.2, -0.15) is 0 Å². The quantitative estimate of drug-likeness (QED) is 0.832. The van der Waals surface area contributed by atoms with Crippen molar-refractivity contribution in [2.75, 3.05) is 11.3 Å². The Balaban J connectivity index is 2.02. The molecule has 0 aliphatic heterocycles. The maximum atomic E-state index is 12.2. The van der Waals surface area contributed by atoms with Crippen molar-refractivity contribution in [2.45, 2.75) is 38.0 Å². The molecule has 1 aromatic rings.